The van der Waals surface area contributed by atoms with E-state index in [1.165, 1.54) is 10.7 Å². The van der Waals surface area contributed by atoms with E-state index >= 15 is 0 Å². The molecule has 2 aromatic rings. The number of anilines is 1. The maximum Gasteiger partial charge on any atom is 0.242 e. The molecular formula is C28H38ClN3O4S. The summed E-state index contributed by atoms with van der Waals surface area (Å²) >= 11 is 6.38. The number of rotatable bonds is 11. The number of carbonyl (C=O) groups excluding carboxylic acids is 2. The number of sulfonamides is 1. The number of halogens is 1. The van der Waals surface area contributed by atoms with Gasteiger partial charge in [-0.2, -0.15) is 0 Å². The standard InChI is InChI=1S/C28H38ClN3O4S/c1-21-15-17-25(18-16-21)32(37(3,35)36)19-9-14-27(33)31(20-23-10-7-8-13-26(23)29)22(2)28(34)30-24-11-5-4-6-12-24/h7-8,10,13,15-18,22,24H,4-6,9,11-12,14,19-20H2,1-3H3,(H,30,34)/t22-/m1/s1. The Morgan fingerprint density at radius 2 is 1.70 bits per heavy atom. The highest BCUT2D eigenvalue weighted by atomic mass is 35.5. The van der Waals surface area contributed by atoms with E-state index in [1.54, 1.807) is 30.0 Å². The molecule has 1 fully saturated rings. The van der Waals surface area contributed by atoms with Gasteiger partial charge in [-0.1, -0.05) is 66.8 Å². The van der Waals surface area contributed by atoms with Crippen molar-refractivity contribution in [2.75, 3.05) is 17.1 Å². The van der Waals surface area contributed by atoms with Crippen LogP contribution in [0.4, 0.5) is 5.69 Å². The molecule has 3 rings (SSSR count). The summed E-state index contributed by atoms with van der Waals surface area (Å²) in [7, 11) is -3.52. The molecule has 7 nitrogen and oxygen atoms in total. The second kappa shape index (κ2) is 13.3. The van der Waals surface area contributed by atoms with Crippen LogP contribution in [0.1, 0.15) is 63.0 Å². The largest absolute Gasteiger partial charge is 0.352 e. The second-order valence-electron chi connectivity index (χ2n) is 9.91. The van der Waals surface area contributed by atoms with Crippen molar-refractivity contribution in [2.45, 2.75) is 77.4 Å². The van der Waals surface area contributed by atoms with Crippen molar-refractivity contribution >= 4 is 39.1 Å². The van der Waals surface area contributed by atoms with Crippen LogP contribution in [-0.2, 0) is 26.2 Å². The molecule has 1 N–H and O–H groups in total. The van der Waals surface area contributed by atoms with Gasteiger partial charge in [-0.05, 0) is 56.9 Å². The van der Waals surface area contributed by atoms with Gasteiger partial charge in [0.2, 0.25) is 21.8 Å². The number of hydrogen-bond donors (Lipinski definition) is 1. The summed E-state index contributed by atoms with van der Waals surface area (Å²) in [4.78, 5) is 28.1. The third-order valence-electron chi connectivity index (χ3n) is 6.89. The van der Waals surface area contributed by atoms with Gasteiger partial charge in [0.25, 0.3) is 0 Å². The number of carbonyl (C=O) groups is 2. The van der Waals surface area contributed by atoms with E-state index < -0.39 is 16.1 Å². The monoisotopic (exact) mass is 547 g/mol. The van der Waals surface area contributed by atoms with Gasteiger partial charge in [0, 0.05) is 30.6 Å². The van der Waals surface area contributed by atoms with Crippen LogP contribution in [0, 0.1) is 6.92 Å². The molecule has 0 unspecified atom stereocenters. The third-order valence-corrected chi connectivity index (χ3v) is 8.45. The highest BCUT2D eigenvalue weighted by Gasteiger charge is 2.28. The maximum absolute atomic E-state index is 13.4. The number of benzene rings is 2. The van der Waals surface area contributed by atoms with Crippen molar-refractivity contribution < 1.29 is 18.0 Å². The molecule has 2 aromatic carbocycles. The molecule has 0 radical (unpaired) electrons. The summed E-state index contributed by atoms with van der Waals surface area (Å²) in [5.41, 5.74) is 2.35. The van der Waals surface area contributed by atoms with E-state index in [1.807, 2.05) is 37.3 Å². The van der Waals surface area contributed by atoms with Crippen molar-refractivity contribution in [2.24, 2.45) is 0 Å². The predicted molar refractivity (Wildman–Crippen MR) is 149 cm³/mol. The normalized spacial score (nSPS) is 15.1. The zero-order valence-corrected chi connectivity index (χ0v) is 23.5. The first-order valence-electron chi connectivity index (χ1n) is 12.9. The van der Waals surface area contributed by atoms with E-state index in [4.69, 9.17) is 11.6 Å². The van der Waals surface area contributed by atoms with E-state index in [9.17, 15) is 18.0 Å². The van der Waals surface area contributed by atoms with Crippen LogP contribution >= 0.6 is 11.6 Å². The fraction of sp³-hybridized carbons (Fsp3) is 0.500. The molecule has 37 heavy (non-hydrogen) atoms. The third kappa shape index (κ3) is 8.47. The molecule has 0 spiro atoms. The van der Waals surface area contributed by atoms with Crippen LogP contribution in [0.3, 0.4) is 0 Å². The van der Waals surface area contributed by atoms with Gasteiger partial charge < -0.3 is 10.2 Å². The van der Waals surface area contributed by atoms with Gasteiger partial charge in [0.15, 0.2) is 0 Å². The molecule has 2 amide bonds. The van der Waals surface area contributed by atoms with Gasteiger partial charge in [0.05, 0.1) is 11.9 Å². The molecular weight excluding hydrogens is 510 g/mol. The Morgan fingerprint density at radius 3 is 2.32 bits per heavy atom. The topological polar surface area (TPSA) is 86.8 Å². The molecule has 202 valence electrons. The highest BCUT2D eigenvalue weighted by molar-refractivity contribution is 7.92. The smallest absolute Gasteiger partial charge is 0.242 e. The Labute approximate surface area is 226 Å². The van der Waals surface area contributed by atoms with Crippen molar-refractivity contribution in [1.82, 2.24) is 10.2 Å². The van der Waals surface area contributed by atoms with Gasteiger partial charge in [-0.3, -0.25) is 13.9 Å². The van der Waals surface area contributed by atoms with Crippen LogP contribution in [-0.4, -0.2) is 50.0 Å². The Morgan fingerprint density at radius 1 is 1.05 bits per heavy atom. The SMILES string of the molecule is Cc1ccc(N(CCCC(=O)N(Cc2ccccc2Cl)[C@H](C)C(=O)NC2CCCCC2)S(C)(=O)=O)cc1. The molecule has 1 aliphatic carbocycles. The van der Waals surface area contributed by atoms with Crippen molar-refractivity contribution in [1.29, 1.82) is 0 Å². The lowest BCUT2D eigenvalue weighted by Gasteiger charge is -2.31. The van der Waals surface area contributed by atoms with E-state index in [-0.39, 0.29) is 37.4 Å². The van der Waals surface area contributed by atoms with E-state index in [0.29, 0.717) is 17.1 Å². The Kier molecular flexibility index (Phi) is 10.4. The van der Waals surface area contributed by atoms with Gasteiger partial charge >= 0.3 is 0 Å². The highest BCUT2D eigenvalue weighted by Crippen LogP contribution is 2.22. The Bertz CT molecular complexity index is 1160. The summed E-state index contributed by atoms with van der Waals surface area (Å²) in [6.07, 6.45) is 6.87. The maximum atomic E-state index is 13.4. The fourth-order valence-electron chi connectivity index (χ4n) is 4.68. The lowest BCUT2D eigenvalue weighted by molar-refractivity contribution is -0.141. The summed E-state index contributed by atoms with van der Waals surface area (Å²) in [6, 6.07) is 14.0. The van der Waals surface area contributed by atoms with Crippen LogP contribution in [0.5, 0.6) is 0 Å². The van der Waals surface area contributed by atoms with Crippen molar-refractivity contribution in [3.05, 3.63) is 64.7 Å². The first-order chi connectivity index (χ1) is 17.6. The minimum Gasteiger partial charge on any atom is -0.352 e. The van der Waals surface area contributed by atoms with Gasteiger partial charge in [0.1, 0.15) is 6.04 Å². The lowest BCUT2D eigenvalue weighted by atomic mass is 9.95. The fourth-order valence-corrected chi connectivity index (χ4v) is 5.84. The number of nitrogens with one attached hydrogen (secondary N) is 1. The zero-order valence-electron chi connectivity index (χ0n) is 22.0. The van der Waals surface area contributed by atoms with Crippen molar-refractivity contribution in [3.8, 4) is 0 Å². The quantitative estimate of drug-likeness (QED) is 0.426. The summed E-state index contributed by atoms with van der Waals surface area (Å²) in [5.74, 6) is -0.395. The number of aryl methyl sites for hydroxylation is 1. The first-order valence-corrected chi connectivity index (χ1v) is 15.2. The van der Waals surface area contributed by atoms with Crippen LogP contribution in [0.15, 0.2) is 48.5 Å². The van der Waals surface area contributed by atoms with Crippen LogP contribution < -0.4 is 9.62 Å². The van der Waals surface area contributed by atoms with Gasteiger partial charge in [-0.25, -0.2) is 8.42 Å². The van der Waals surface area contributed by atoms with Gasteiger partial charge in [-0.15, -0.1) is 0 Å². The number of amides is 2. The molecule has 1 atom stereocenters. The molecule has 1 aliphatic rings. The molecule has 9 heteroatoms. The molecule has 1 saturated carbocycles. The molecule has 0 bridgehead atoms. The minimum absolute atomic E-state index is 0.101. The molecule has 0 aromatic heterocycles. The first kappa shape index (κ1) is 29.0. The van der Waals surface area contributed by atoms with Crippen molar-refractivity contribution in [3.63, 3.8) is 0 Å². The Hall–Kier alpha value is -2.58. The second-order valence-corrected chi connectivity index (χ2v) is 12.2. The van der Waals surface area contributed by atoms with E-state index in [2.05, 4.69) is 5.32 Å². The lowest BCUT2D eigenvalue weighted by Crippen LogP contribution is -2.50. The zero-order chi connectivity index (χ0) is 27.0. The molecule has 0 saturated heterocycles. The minimum atomic E-state index is -3.52. The molecule has 0 aliphatic heterocycles. The predicted octanol–water partition coefficient (Wildman–Crippen LogP) is 5.06. The number of hydrogen-bond acceptors (Lipinski definition) is 4. The average Bonchev–Trinajstić information content (AvgIpc) is 2.86. The number of nitrogens with zero attached hydrogens (tertiary/aromatic N) is 2. The average molecular weight is 548 g/mol. The van der Waals surface area contributed by atoms with Crippen LogP contribution in [0.25, 0.3) is 0 Å². The Balaban J connectivity index is 1.72. The summed E-state index contributed by atoms with van der Waals surface area (Å²) in [5, 5.41) is 3.65. The molecule has 0 heterocycles. The summed E-state index contributed by atoms with van der Waals surface area (Å²) < 4.78 is 26.2. The summed E-state index contributed by atoms with van der Waals surface area (Å²) in [6.45, 7) is 4.04. The van der Waals surface area contributed by atoms with Crippen LogP contribution in [0.2, 0.25) is 5.02 Å². The van der Waals surface area contributed by atoms with E-state index in [0.717, 1.165) is 43.1 Å².